The molecule has 0 spiro atoms. The maximum absolute atomic E-state index is 14.1. The Bertz CT molecular complexity index is 1450. The third kappa shape index (κ3) is 7.68. The Hall–Kier alpha value is -3.36. The number of rotatable bonds is 10. The standard InChI is InChI=1S/C32H38ClN3O4S/c1-23-13-15-26(16-14-23)21-35(25(3)32(38)34-28-10-5-4-6-11-28)31(37)22-36(30-12-8-7-9-24(30)2)41(39,40)29-19-17-27(33)18-20-29/h7-9,12-20,25,28H,4-6,10-11,21-22H2,1-3H3,(H,34,38)/t25-/m0/s1. The van der Waals surface area contributed by atoms with Gasteiger partial charge in [-0.3, -0.25) is 13.9 Å². The highest BCUT2D eigenvalue weighted by atomic mass is 35.5. The molecule has 0 bridgehead atoms. The lowest BCUT2D eigenvalue weighted by atomic mass is 9.95. The molecule has 0 aromatic heterocycles. The third-order valence-corrected chi connectivity index (χ3v) is 9.68. The summed E-state index contributed by atoms with van der Waals surface area (Å²) < 4.78 is 29.0. The Labute approximate surface area is 248 Å². The fourth-order valence-electron chi connectivity index (χ4n) is 5.13. The van der Waals surface area contributed by atoms with Crippen molar-refractivity contribution in [3.8, 4) is 0 Å². The van der Waals surface area contributed by atoms with E-state index >= 15 is 0 Å². The first-order valence-corrected chi connectivity index (χ1v) is 15.9. The summed E-state index contributed by atoms with van der Waals surface area (Å²) in [5.41, 5.74) is 3.02. The summed E-state index contributed by atoms with van der Waals surface area (Å²) >= 11 is 6.02. The number of benzene rings is 3. The predicted octanol–water partition coefficient (Wildman–Crippen LogP) is 6.02. The largest absolute Gasteiger partial charge is 0.352 e. The van der Waals surface area contributed by atoms with E-state index in [1.807, 2.05) is 37.3 Å². The fraction of sp³-hybridized carbons (Fsp3) is 0.375. The van der Waals surface area contributed by atoms with Gasteiger partial charge in [0.15, 0.2) is 0 Å². The Morgan fingerprint density at radius 2 is 1.56 bits per heavy atom. The molecular formula is C32H38ClN3O4S. The van der Waals surface area contributed by atoms with E-state index in [2.05, 4.69) is 5.32 Å². The van der Waals surface area contributed by atoms with Crippen molar-refractivity contribution in [3.05, 3.63) is 94.5 Å². The highest BCUT2D eigenvalue weighted by molar-refractivity contribution is 7.92. The highest BCUT2D eigenvalue weighted by Crippen LogP contribution is 2.28. The Kier molecular flexibility index (Phi) is 10.1. The molecule has 0 saturated heterocycles. The van der Waals surface area contributed by atoms with Crippen LogP contribution < -0.4 is 9.62 Å². The number of hydrogen-bond acceptors (Lipinski definition) is 4. The molecule has 0 unspecified atom stereocenters. The average molecular weight is 596 g/mol. The lowest BCUT2D eigenvalue weighted by molar-refractivity contribution is -0.139. The van der Waals surface area contributed by atoms with Crippen LogP contribution >= 0.6 is 11.6 Å². The first-order chi connectivity index (χ1) is 19.6. The summed E-state index contributed by atoms with van der Waals surface area (Å²) in [5.74, 6) is -0.710. The minimum atomic E-state index is -4.14. The maximum atomic E-state index is 14.1. The van der Waals surface area contributed by atoms with Crippen molar-refractivity contribution >= 4 is 39.1 Å². The van der Waals surface area contributed by atoms with Crippen LogP contribution in [-0.4, -0.2) is 43.8 Å². The van der Waals surface area contributed by atoms with Gasteiger partial charge >= 0.3 is 0 Å². The molecule has 0 radical (unpaired) electrons. The number of amides is 2. The molecule has 7 nitrogen and oxygen atoms in total. The molecule has 1 aliphatic carbocycles. The molecule has 1 aliphatic rings. The van der Waals surface area contributed by atoms with Gasteiger partial charge in [-0.2, -0.15) is 0 Å². The first kappa shape index (κ1) is 30.6. The van der Waals surface area contributed by atoms with E-state index in [9.17, 15) is 18.0 Å². The normalized spacial score (nSPS) is 14.7. The maximum Gasteiger partial charge on any atom is 0.264 e. The van der Waals surface area contributed by atoms with Gasteiger partial charge in [0.25, 0.3) is 10.0 Å². The van der Waals surface area contributed by atoms with Crippen LogP contribution in [0.25, 0.3) is 0 Å². The van der Waals surface area contributed by atoms with Crippen LogP contribution in [0.4, 0.5) is 5.69 Å². The van der Waals surface area contributed by atoms with Crippen LogP contribution in [0.5, 0.6) is 0 Å². The number of para-hydroxylation sites is 1. The average Bonchev–Trinajstić information content (AvgIpc) is 2.96. The van der Waals surface area contributed by atoms with Gasteiger partial charge in [0.05, 0.1) is 10.6 Å². The van der Waals surface area contributed by atoms with Crippen LogP contribution in [0.2, 0.25) is 5.02 Å². The monoisotopic (exact) mass is 595 g/mol. The molecule has 0 aliphatic heterocycles. The van der Waals surface area contributed by atoms with Crippen molar-refractivity contribution in [1.82, 2.24) is 10.2 Å². The van der Waals surface area contributed by atoms with E-state index in [0.29, 0.717) is 16.3 Å². The predicted molar refractivity (Wildman–Crippen MR) is 163 cm³/mol. The number of nitrogens with one attached hydrogen (secondary N) is 1. The zero-order valence-electron chi connectivity index (χ0n) is 23.8. The molecule has 1 fully saturated rings. The van der Waals surface area contributed by atoms with Gasteiger partial charge in [0.1, 0.15) is 12.6 Å². The molecule has 218 valence electrons. The smallest absolute Gasteiger partial charge is 0.264 e. The second-order valence-corrected chi connectivity index (χ2v) is 13.1. The van der Waals surface area contributed by atoms with Gasteiger partial charge < -0.3 is 10.2 Å². The van der Waals surface area contributed by atoms with Crippen molar-refractivity contribution in [1.29, 1.82) is 0 Å². The molecule has 4 rings (SSSR count). The number of anilines is 1. The molecule has 0 heterocycles. The number of hydrogen-bond donors (Lipinski definition) is 1. The van der Waals surface area contributed by atoms with Crippen LogP contribution in [0.3, 0.4) is 0 Å². The zero-order valence-corrected chi connectivity index (χ0v) is 25.4. The van der Waals surface area contributed by atoms with Crippen molar-refractivity contribution in [2.45, 2.75) is 76.4 Å². The third-order valence-electron chi connectivity index (χ3n) is 7.66. The molecule has 41 heavy (non-hydrogen) atoms. The lowest BCUT2D eigenvalue weighted by Crippen LogP contribution is -2.53. The number of carbonyl (C=O) groups excluding carboxylic acids is 2. The van der Waals surface area contributed by atoms with Gasteiger partial charge in [-0.15, -0.1) is 0 Å². The Morgan fingerprint density at radius 3 is 2.20 bits per heavy atom. The van der Waals surface area contributed by atoms with E-state index in [1.54, 1.807) is 32.0 Å². The molecule has 1 N–H and O–H groups in total. The number of carbonyl (C=O) groups is 2. The van der Waals surface area contributed by atoms with Crippen molar-refractivity contribution in [2.75, 3.05) is 10.8 Å². The quantitative estimate of drug-likeness (QED) is 0.311. The summed E-state index contributed by atoms with van der Waals surface area (Å²) in [7, 11) is -4.14. The second kappa shape index (κ2) is 13.5. The summed E-state index contributed by atoms with van der Waals surface area (Å²) in [6.45, 7) is 5.18. The summed E-state index contributed by atoms with van der Waals surface area (Å²) in [5, 5.41) is 3.53. The molecule has 1 atom stereocenters. The molecule has 1 saturated carbocycles. The van der Waals surface area contributed by atoms with Crippen LogP contribution in [0.15, 0.2) is 77.7 Å². The van der Waals surface area contributed by atoms with E-state index in [0.717, 1.165) is 47.5 Å². The Morgan fingerprint density at radius 1 is 0.927 bits per heavy atom. The minimum Gasteiger partial charge on any atom is -0.352 e. The second-order valence-electron chi connectivity index (χ2n) is 10.8. The van der Waals surface area contributed by atoms with Gasteiger partial charge in [0.2, 0.25) is 11.8 Å². The van der Waals surface area contributed by atoms with Gasteiger partial charge in [-0.05, 0) is 75.1 Å². The van der Waals surface area contributed by atoms with Crippen LogP contribution in [-0.2, 0) is 26.2 Å². The fourth-order valence-corrected chi connectivity index (χ4v) is 6.74. The summed E-state index contributed by atoms with van der Waals surface area (Å²) in [6, 6.07) is 19.9. The van der Waals surface area contributed by atoms with Gasteiger partial charge in [-0.25, -0.2) is 8.42 Å². The SMILES string of the molecule is Cc1ccc(CN(C(=O)CN(c2ccccc2C)S(=O)(=O)c2ccc(Cl)cc2)[C@@H](C)C(=O)NC2CCCCC2)cc1. The van der Waals surface area contributed by atoms with E-state index in [-0.39, 0.29) is 23.4 Å². The van der Waals surface area contributed by atoms with Crippen molar-refractivity contribution < 1.29 is 18.0 Å². The van der Waals surface area contributed by atoms with Crippen LogP contribution in [0, 0.1) is 13.8 Å². The Balaban J connectivity index is 1.68. The topological polar surface area (TPSA) is 86.8 Å². The zero-order chi connectivity index (χ0) is 29.6. The van der Waals surface area contributed by atoms with Gasteiger partial charge in [-0.1, -0.05) is 78.9 Å². The van der Waals surface area contributed by atoms with Crippen molar-refractivity contribution in [3.63, 3.8) is 0 Å². The van der Waals surface area contributed by atoms with Gasteiger partial charge in [0, 0.05) is 17.6 Å². The van der Waals surface area contributed by atoms with E-state index < -0.39 is 28.5 Å². The molecule has 9 heteroatoms. The van der Waals surface area contributed by atoms with E-state index in [1.165, 1.54) is 29.2 Å². The number of sulfonamides is 1. The first-order valence-electron chi connectivity index (χ1n) is 14.1. The summed E-state index contributed by atoms with van der Waals surface area (Å²) in [6.07, 6.45) is 5.14. The molecule has 3 aromatic carbocycles. The van der Waals surface area contributed by atoms with E-state index in [4.69, 9.17) is 11.6 Å². The molecule has 3 aromatic rings. The highest BCUT2D eigenvalue weighted by Gasteiger charge is 2.33. The van der Waals surface area contributed by atoms with Crippen LogP contribution in [0.1, 0.15) is 55.7 Å². The minimum absolute atomic E-state index is 0.0196. The number of nitrogens with zero attached hydrogens (tertiary/aromatic N) is 2. The molecule has 2 amide bonds. The number of aryl methyl sites for hydroxylation is 2. The van der Waals surface area contributed by atoms with Crippen molar-refractivity contribution in [2.24, 2.45) is 0 Å². The summed E-state index contributed by atoms with van der Waals surface area (Å²) in [4.78, 5) is 29.0. The molecular weight excluding hydrogens is 558 g/mol. The lowest BCUT2D eigenvalue weighted by Gasteiger charge is -2.33. The number of halogens is 1.